The van der Waals surface area contributed by atoms with Crippen LogP contribution in [0, 0.1) is 0 Å². The predicted molar refractivity (Wildman–Crippen MR) is 133 cm³/mol. The Kier molecular flexibility index (Phi) is 9.40. The summed E-state index contributed by atoms with van der Waals surface area (Å²) in [6.45, 7) is 6.58. The van der Waals surface area contributed by atoms with Crippen molar-refractivity contribution in [1.29, 1.82) is 0 Å². The number of carbonyl (C=O) groups is 2. The Morgan fingerprint density at radius 1 is 1.00 bits per heavy atom. The van der Waals surface area contributed by atoms with Crippen molar-refractivity contribution in [3.05, 3.63) is 46.5 Å². The molecule has 0 radical (unpaired) electrons. The van der Waals surface area contributed by atoms with Crippen molar-refractivity contribution in [3.8, 4) is 23.0 Å². The van der Waals surface area contributed by atoms with Crippen molar-refractivity contribution in [3.63, 3.8) is 0 Å². The molecular weight excluding hydrogens is 448 g/mol. The number of ketones is 1. The Morgan fingerprint density at radius 3 is 2.23 bits per heavy atom. The molecule has 1 N–H and O–H groups in total. The second-order valence-corrected chi connectivity index (χ2v) is 8.74. The van der Waals surface area contributed by atoms with Gasteiger partial charge in [-0.2, -0.15) is 0 Å². The van der Waals surface area contributed by atoms with Gasteiger partial charge in [-0.3, -0.25) is 4.79 Å². The summed E-state index contributed by atoms with van der Waals surface area (Å²) >= 11 is 0. The van der Waals surface area contributed by atoms with Gasteiger partial charge in [0.25, 0.3) is 0 Å². The number of fused-ring (bicyclic) bond motifs is 1. The standard InChI is InChI=1S/C28H36O7/c1-5-8-21-23(13-10-19-11-14-25(28(30)31)35-26(19)21)33-16-7-17-34-24-15-12-20(18(3)29)27(32-4)22(24)9-6-2/h10,12-13,15,25H,5-9,11,14,16-17H2,1-4H3,(H,30,31)/t25-/m1/s1. The van der Waals surface area contributed by atoms with Gasteiger partial charge in [-0.1, -0.05) is 32.8 Å². The summed E-state index contributed by atoms with van der Waals surface area (Å²) in [6, 6.07) is 7.52. The van der Waals surface area contributed by atoms with E-state index in [1.54, 1.807) is 13.2 Å². The summed E-state index contributed by atoms with van der Waals surface area (Å²) in [5, 5.41) is 9.38. The SMILES string of the molecule is CCCc1c(OCCCOc2ccc(C(C)=O)c(OC)c2CCC)ccc2c1O[C@@H](C(=O)O)CC2. The Morgan fingerprint density at radius 2 is 1.63 bits per heavy atom. The van der Waals surface area contributed by atoms with Crippen molar-refractivity contribution >= 4 is 11.8 Å². The zero-order chi connectivity index (χ0) is 25.4. The van der Waals surface area contributed by atoms with Crippen LogP contribution < -0.4 is 18.9 Å². The van der Waals surface area contributed by atoms with E-state index in [1.807, 2.05) is 18.2 Å². The quantitative estimate of drug-likeness (QED) is 0.299. The highest BCUT2D eigenvalue weighted by Crippen LogP contribution is 2.38. The van der Waals surface area contributed by atoms with Gasteiger partial charge in [-0.15, -0.1) is 0 Å². The number of methoxy groups -OCH3 is 1. The molecule has 1 atom stereocenters. The minimum atomic E-state index is -0.933. The van der Waals surface area contributed by atoms with Crippen LogP contribution in [-0.4, -0.2) is 43.3 Å². The second kappa shape index (κ2) is 12.5. The summed E-state index contributed by atoms with van der Waals surface area (Å²) in [7, 11) is 1.58. The van der Waals surface area contributed by atoms with Crippen molar-refractivity contribution in [2.45, 2.75) is 71.8 Å². The molecule has 0 aromatic heterocycles. The van der Waals surface area contributed by atoms with E-state index in [1.165, 1.54) is 6.92 Å². The lowest BCUT2D eigenvalue weighted by Gasteiger charge is -2.26. The Bertz CT molecular complexity index is 1040. The molecule has 7 nitrogen and oxygen atoms in total. The zero-order valence-corrected chi connectivity index (χ0v) is 21.1. The Balaban J connectivity index is 1.65. The number of benzene rings is 2. The van der Waals surface area contributed by atoms with Crippen LogP contribution >= 0.6 is 0 Å². The third-order valence-electron chi connectivity index (χ3n) is 6.12. The minimum absolute atomic E-state index is 0.0364. The summed E-state index contributed by atoms with van der Waals surface area (Å²) < 4.78 is 23.5. The molecule has 0 fully saturated rings. The van der Waals surface area contributed by atoms with Gasteiger partial charge in [0, 0.05) is 17.5 Å². The maximum atomic E-state index is 12.0. The number of hydrogen-bond donors (Lipinski definition) is 1. The first-order valence-electron chi connectivity index (χ1n) is 12.4. The fourth-order valence-corrected chi connectivity index (χ4v) is 4.45. The van der Waals surface area contributed by atoms with Gasteiger partial charge < -0.3 is 24.1 Å². The van der Waals surface area contributed by atoms with E-state index in [2.05, 4.69) is 13.8 Å². The second-order valence-electron chi connectivity index (χ2n) is 8.74. The van der Waals surface area contributed by atoms with Crippen molar-refractivity contribution < 1.29 is 33.6 Å². The van der Waals surface area contributed by atoms with E-state index >= 15 is 0 Å². The maximum absolute atomic E-state index is 12.0. The van der Waals surface area contributed by atoms with Gasteiger partial charge in [0.15, 0.2) is 11.9 Å². The van der Waals surface area contributed by atoms with E-state index in [0.29, 0.717) is 49.5 Å². The van der Waals surface area contributed by atoms with E-state index in [4.69, 9.17) is 18.9 Å². The summed E-state index contributed by atoms with van der Waals surface area (Å²) in [5.74, 6) is 1.74. The molecule has 3 rings (SSSR count). The van der Waals surface area contributed by atoms with Crippen molar-refractivity contribution in [1.82, 2.24) is 0 Å². The van der Waals surface area contributed by atoms with Crippen LogP contribution in [0.2, 0.25) is 0 Å². The van der Waals surface area contributed by atoms with Crippen LogP contribution in [0.1, 0.15) is 73.5 Å². The largest absolute Gasteiger partial charge is 0.496 e. The first-order chi connectivity index (χ1) is 16.9. The highest BCUT2D eigenvalue weighted by molar-refractivity contribution is 5.97. The number of carbonyl (C=O) groups excluding carboxylic acids is 1. The molecule has 0 amide bonds. The monoisotopic (exact) mass is 484 g/mol. The number of carboxylic acids is 1. The van der Waals surface area contributed by atoms with Crippen LogP contribution in [0.5, 0.6) is 23.0 Å². The Labute approximate surface area is 207 Å². The summed E-state index contributed by atoms with van der Waals surface area (Å²) in [5.41, 5.74) is 3.45. The molecule has 0 bridgehead atoms. The molecule has 0 aliphatic carbocycles. The molecule has 1 heterocycles. The summed E-state index contributed by atoms with van der Waals surface area (Å²) in [6.07, 6.45) is 4.31. The molecule has 0 spiro atoms. The average Bonchev–Trinajstić information content (AvgIpc) is 2.85. The number of Topliss-reactive ketones (excluding diaryl/α,β-unsaturated/α-hetero) is 1. The van der Waals surface area contributed by atoms with Gasteiger partial charge in [-0.05, 0) is 56.4 Å². The number of carboxylic acid groups (broad SMARTS) is 1. The van der Waals surface area contributed by atoms with Gasteiger partial charge in [0.05, 0.1) is 25.9 Å². The molecule has 35 heavy (non-hydrogen) atoms. The summed E-state index contributed by atoms with van der Waals surface area (Å²) in [4.78, 5) is 23.4. The maximum Gasteiger partial charge on any atom is 0.344 e. The third kappa shape index (κ3) is 6.27. The Hall–Kier alpha value is -3.22. The topological polar surface area (TPSA) is 91.3 Å². The van der Waals surface area contributed by atoms with E-state index in [9.17, 15) is 14.7 Å². The minimum Gasteiger partial charge on any atom is -0.496 e. The zero-order valence-electron chi connectivity index (χ0n) is 21.1. The smallest absolute Gasteiger partial charge is 0.344 e. The molecule has 1 aliphatic rings. The molecule has 0 unspecified atom stereocenters. The van der Waals surface area contributed by atoms with Gasteiger partial charge in [-0.25, -0.2) is 4.79 Å². The average molecular weight is 485 g/mol. The van der Waals surface area contributed by atoms with Gasteiger partial charge in [0.1, 0.15) is 23.0 Å². The van der Waals surface area contributed by atoms with Gasteiger partial charge >= 0.3 is 5.97 Å². The third-order valence-corrected chi connectivity index (χ3v) is 6.12. The van der Waals surface area contributed by atoms with Gasteiger partial charge in [0.2, 0.25) is 0 Å². The molecule has 190 valence electrons. The molecule has 0 saturated carbocycles. The normalized spacial score (nSPS) is 14.6. The molecule has 2 aromatic rings. The van der Waals surface area contributed by atoms with Crippen LogP contribution in [0.4, 0.5) is 0 Å². The fraction of sp³-hybridized carbons (Fsp3) is 0.500. The fourth-order valence-electron chi connectivity index (χ4n) is 4.45. The molecular formula is C28H36O7. The molecule has 7 heteroatoms. The molecule has 1 aliphatic heterocycles. The van der Waals surface area contributed by atoms with Crippen LogP contribution in [0.15, 0.2) is 24.3 Å². The molecule has 2 aromatic carbocycles. The molecule has 0 saturated heterocycles. The lowest BCUT2D eigenvalue weighted by molar-refractivity contribution is -0.145. The number of ether oxygens (including phenoxy) is 4. The first-order valence-corrected chi connectivity index (χ1v) is 12.4. The lowest BCUT2D eigenvalue weighted by Crippen LogP contribution is -2.31. The highest BCUT2D eigenvalue weighted by Gasteiger charge is 2.28. The number of hydrogen-bond acceptors (Lipinski definition) is 6. The van der Waals surface area contributed by atoms with Crippen LogP contribution in [-0.2, 0) is 24.1 Å². The number of aliphatic carboxylic acids is 1. The predicted octanol–water partition coefficient (Wildman–Crippen LogP) is 5.43. The van der Waals surface area contributed by atoms with Crippen LogP contribution in [0.3, 0.4) is 0 Å². The van der Waals surface area contributed by atoms with E-state index in [0.717, 1.165) is 53.9 Å². The highest BCUT2D eigenvalue weighted by atomic mass is 16.5. The van der Waals surface area contributed by atoms with E-state index in [-0.39, 0.29) is 5.78 Å². The number of aryl methyl sites for hydroxylation is 1. The van der Waals surface area contributed by atoms with Crippen LogP contribution in [0.25, 0.3) is 0 Å². The van der Waals surface area contributed by atoms with Crippen molar-refractivity contribution in [2.75, 3.05) is 20.3 Å². The van der Waals surface area contributed by atoms with Crippen molar-refractivity contribution in [2.24, 2.45) is 0 Å². The lowest BCUT2D eigenvalue weighted by atomic mass is 9.96. The first kappa shape index (κ1) is 26.4. The number of rotatable bonds is 13. The van der Waals surface area contributed by atoms with E-state index < -0.39 is 12.1 Å².